The van der Waals surface area contributed by atoms with Gasteiger partial charge < -0.3 is 4.98 Å². The first-order valence-electron chi connectivity index (χ1n) is 5.63. The van der Waals surface area contributed by atoms with Crippen LogP contribution >= 0.6 is 11.6 Å². The van der Waals surface area contributed by atoms with Crippen LogP contribution in [-0.4, -0.2) is 9.91 Å². The summed E-state index contributed by atoms with van der Waals surface area (Å²) in [4.78, 5) is 24.2. The van der Waals surface area contributed by atoms with Crippen molar-refractivity contribution in [2.24, 2.45) is 0 Å². The monoisotopic (exact) mass is 307 g/mol. The highest BCUT2D eigenvalue weighted by Crippen LogP contribution is 2.33. The van der Waals surface area contributed by atoms with Crippen LogP contribution in [-0.2, 0) is 0 Å². The van der Waals surface area contributed by atoms with Crippen LogP contribution in [0.2, 0.25) is 5.02 Å². The summed E-state index contributed by atoms with van der Waals surface area (Å²) in [5.74, 6) is -0.855. The molecule has 8 heteroatoms. The summed E-state index contributed by atoms with van der Waals surface area (Å²) in [7, 11) is 0. The van der Waals surface area contributed by atoms with Gasteiger partial charge in [-0.05, 0) is 13.0 Å². The fraction of sp³-hybridized carbons (Fsp3) is 0.0769. The van der Waals surface area contributed by atoms with E-state index in [1.807, 2.05) is 0 Å². The number of nitrogens with zero attached hydrogens (tertiary/aromatic N) is 2. The van der Waals surface area contributed by atoms with Gasteiger partial charge in [-0.3, -0.25) is 14.9 Å². The van der Waals surface area contributed by atoms with Crippen molar-refractivity contribution in [2.45, 2.75) is 6.92 Å². The summed E-state index contributed by atoms with van der Waals surface area (Å²) in [6.45, 7) is 1.55. The molecule has 1 aromatic carbocycles. The van der Waals surface area contributed by atoms with Crippen LogP contribution in [0.4, 0.5) is 10.1 Å². The number of nitro benzene ring substituents is 1. The summed E-state index contributed by atoms with van der Waals surface area (Å²) in [6, 6.07) is 4.73. The van der Waals surface area contributed by atoms with E-state index in [-0.39, 0.29) is 21.7 Å². The standard InChI is InChI=1S/C13H7ClFN3O3/c1-6-2-7(9(5-16)13(19)17-6)8-3-12(18(20)21)10(14)4-11(8)15/h2-4H,1H3,(H,17,19). The van der Waals surface area contributed by atoms with E-state index >= 15 is 0 Å². The van der Waals surface area contributed by atoms with Gasteiger partial charge in [0, 0.05) is 29.0 Å². The second-order valence-electron chi connectivity index (χ2n) is 4.22. The molecule has 0 fully saturated rings. The number of H-pyrrole nitrogens is 1. The number of halogens is 2. The number of rotatable bonds is 2. The third-order valence-electron chi connectivity index (χ3n) is 2.80. The van der Waals surface area contributed by atoms with Crippen LogP contribution in [0.1, 0.15) is 11.3 Å². The van der Waals surface area contributed by atoms with Gasteiger partial charge in [-0.2, -0.15) is 5.26 Å². The van der Waals surface area contributed by atoms with Crippen LogP contribution in [0, 0.1) is 34.2 Å². The van der Waals surface area contributed by atoms with Gasteiger partial charge in [0.2, 0.25) is 0 Å². The summed E-state index contributed by atoms with van der Waals surface area (Å²) in [6.07, 6.45) is 0. The average molecular weight is 308 g/mol. The van der Waals surface area contributed by atoms with Crippen LogP contribution in [0.5, 0.6) is 0 Å². The molecule has 0 saturated heterocycles. The fourth-order valence-electron chi connectivity index (χ4n) is 1.90. The Morgan fingerprint density at radius 3 is 2.62 bits per heavy atom. The highest BCUT2D eigenvalue weighted by molar-refractivity contribution is 6.32. The minimum atomic E-state index is -0.855. The molecular formula is C13H7ClFN3O3. The molecule has 21 heavy (non-hydrogen) atoms. The molecular weight excluding hydrogens is 301 g/mol. The van der Waals surface area contributed by atoms with Gasteiger partial charge >= 0.3 is 0 Å². The predicted octanol–water partition coefficient (Wildman–Crippen LogP) is 2.92. The normalized spacial score (nSPS) is 10.2. The van der Waals surface area contributed by atoms with Crippen LogP contribution in [0.15, 0.2) is 23.0 Å². The van der Waals surface area contributed by atoms with E-state index in [2.05, 4.69) is 4.98 Å². The average Bonchev–Trinajstić information content (AvgIpc) is 2.37. The largest absolute Gasteiger partial charge is 0.325 e. The Labute approximate surface area is 122 Å². The SMILES string of the molecule is Cc1cc(-c2cc([N+](=O)[O-])c(Cl)cc2F)c(C#N)c(=O)[nH]1. The molecule has 1 aromatic heterocycles. The quantitative estimate of drug-likeness (QED) is 0.681. The number of hydrogen-bond donors (Lipinski definition) is 1. The lowest BCUT2D eigenvalue weighted by atomic mass is 10.00. The van der Waals surface area contributed by atoms with E-state index in [0.717, 1.165) is 12.1 Å². The van der Waals surface area contributed by atoms with Crippen molar-refractivity contribution < 1.29 is 9.31 Å². The lowest BCUT2D eigenvalue weighted by Gasteiger charge is -2.07. The van der Waals surface area contributed by atoms with E-state index in [9.17, 15) is 19.3 Å². The van der Waals surface area contributed by atoms with Crippen molar-refractivity contribution in [3.8, 4) is 17.2 Å². The lowest BCUT2D eigenvalue weighted by Crippen LogP contribution is -2.13. The Kier molecular flexibility index (Phi) is 3.74. The van der Waals surface area contributed by atoms with E-state index in [1.54, 1.807) is 13.0 Å². The summed E-state index contributed by atoms with van der Waals surface area (Å²) >= 11 is 5.61. The first kappa shape index (κ1) is 14.7. The van der Waals surface area contributed by atoms with Crippen LogP contribution in [0.3, 0.4) is 0 Å². The molecule has 0 amide bonds. The molecule has 1 heterocycles. The minimum absolute atomic E-state index is 0.0176. The molecule has 0 radical (unpaired) electrons. The van der Waals surface area contributed by atoms with Crippen LogP contribution in [0.25, 0.3) is 11.1 Å². The van der Waals surface area contributed by atoms with Crippen molar-refractivity contribution in [3.05, 3.63) is 60.8 Å². The highest BCUT2D eigenvalue weighted by atomic mass is 35.5. The van der Waals surface area contributed by atoms with Gasteiger partial charge in [-0.25, -0.2) is 4.39 Å². The maximum atomic E-state index is 14.0. The Morgan fingerprint density at radius 1 is 1.38 bits per heavy atom. The second kappa shape index (κ2) is 5.34. The zero-order chi connectivity index (χ0) is 15.7. The van der Waals surface area contributed by atoms with Crippen molar-refractivity contribution in [3.63, 3.8) is 0 Å². The van der Waals surface area contributed by atoms with Gasteiger partial charge in [-0.15, -0.1) is 0 Å². The zero-order valence-corrected chi connectivity index (χ0v) is 11.4. The molecule has 1 N–H and O–H groups in total. The fourth-order valence-corrected chi connectivity index (χ4v) is 2.12. The zero-order valence-electron chi connectivity index (χ0n) is 10.6. The van der Waals surface area contributed by atoms with Crippen molar-refractivity contribution >= 4 is 17.3 Å². The Bertz CT molecular complexity index is 855. The van der Waals surface area contributed by atoms with Gasteiger partial charge in [0.05, 0.1) is 4.92 Å². The second-order valence-corrected chi connectivity index (χ2v) is 4.63. The summed E-state index contributed by atoms with van der Waals surface area (Å²) < 4.78 is 14.0. The molecule has 2 aromatic rings. The summed E-state index contributed by atoms with van der Waals surface area (Å²) in [5, 5.41) is 19.5. The smallest absolute Gasteiger partial charge is 0.288 e. The van der Waals surface area contributed by atoms with Crippen molar-refractivity contribution in [1.82, 2.24) is 4.98 Å². The molecule has 0 aliphatic heterocycles. The topological polar surface area (TPSA) is 99.8 Å². The molecule has 2 rings (SSSR count). The van der Waals surface area contributed by atoms with Crippen LogP contribution < -0.4 is 5.56 Å². The first-order chi connectivity index (χ1) is 9.85. The molecule has 0 spiro atoms. The Balaban J connectivity index is 2.85. The van der Waals surface area contributed by atoms with Gasteiger partial charge in [0.15, 0.2) is 0 Å². The van der Waals surface area contributed by atoms with Gasteiger partial charge in [0.25, 0.3) is 11.2 Å². The first-order valence-corrected chi connectivity index (χ1v) is 6.00. The maximum absolute atomic E-state index is 14.0. The molecule has 0 bridgehead atoms. The van der Waals surface area contributed by atoms with Crippen molar-refractivity contribution in [1.29, 1.82) is 5.26 Å². The third-order valence-corrected chi connectivity index (χ3v) is 3.11. The molecule has 6 nitrogen and oxygen atoms in total. The highest BCUT2D eigenvalue weighted by Gasteiger charge is 2.21. The van der Waals surface area contributed by atoms with E-state index in [0.29, 0.717) is 5.69 Å². The van der Waals surface area contributed by atoms with Crippen molar-refractivity contribution in [2.75, 3.05) is 0 Å². The Hall–Kier alpha value is -2.72. The van der Waals surface area contributed by atoms with E-state index in [1.165, 1.54) is 6.07 Å². The molecule has 0 unspecified atom stereocenters. The lowest BCUT2D eigenvalue weighted by molar-refractivity contribution is -0.384. The Morgan fingerprint density at radius 2 is 2.05 bits per heavy atom. The summed E-state index contributed by atoms with van der Waals surface area (Å²) in [5.41, 5.74) is -1.37. The molecule has 0 aliphatic rings. The number of nitriles is 1. The number of nitrogens with one attached hydrogen (secondary N) is 1. The number of aryl methyl sites for hydroxylation is 1. The van der Waals surface area contributed by atoms with E-state index in [4.69, 9.17) is 16.9 Å². The van der Waals surface area contributed by atoms with Gasteiger partial charge in [-0.1, -0.05) is 11.6 Å². The number of benzene rings is 1. The molecule has 106 valence electrons. The van der Waals surface area contributed by atoms with E-state index < -0.39 is 22.0 Å². The minimum Gasteiger partial charge on any atom is -0.325 e. The number of nitro groups is 1. The predicted molar refractivity (Wildman–Crippen MR) is 73.6 cm³/mol. The van der Waals surface area contributed by atoms with Gasteiger partial charge in [0.1, 0.15) is 22.5 Å². The number of aromatic amines is 1. The molecule has 0 aliphatic carbocycles. The number of hydrogen-bond acceptors (Lipinski definition) is 4. The number of aromatic nitrogens is 1. The molecule has 0 atom stereocenters. The third kappa shape index (κ3) is 2.61. The maximum Gasteiger partial charge on any atom is 0.288 e. The molecule has 0 saturated carbocycles. The number of pyridine rings is 1.